The van der Waals surface area contributed by atoms with E-state index in [1.165, 1.54) is 5.56 Å². The Balaban J connectivity index is 1.85. The summed E-state index contributed by atoms with van der Waals surface area (Å²) in [6.45, 7) is 0. The maximum absolute atomic E-state index is 11.3. The van der Waals surface area contributed by atoms with Crippen LogP contribution < -0.4 is 5.32 Å². The topological polar surface area (TPSA) is 29.1 Å². The maximum Gasteiger partial charge on any atom is 0.228 e. The third-order valence-electron chi connectivity index (χ3n) is 3.02. The average molecular weight is 235 g/mol. The van der Waals surface area contributed by atoms with Gasteiger partial charge < -0.3 is 5.32 Å². The van der Waals surface area contributed by atoms with E-state index in [1.54, 1.807) is 0 Å². The SMILES string of the molecule is O=C1Cc2cc(/C=C/c3ccccc3)ccc2N1. The predicted molar refractivity (Wildman–Crippen MR) is 74.1 cm³/mol. The molecule has 88 valence electrons. The molecule has 0 saturated heterocycles. The minimum atomic E-state index is 0.0780. The number of anilines is 1. The van der Waals surface area contributed by atoms with Crippen molar-refractivity contribution in [2.75, 3.05) is 5.32 Å². The fourth-order valence-corrected chi connectivity index (χ4v) is 2.11. The Kier molecular flexibility index (Phi) is 2.69. The summed E-state index contributed by atoms with van der Waals surface area (Å²) in [5.74, 6) is 0.0780. The van der Waals surface area contributed by atoms with Gasteiger partial charge in [-0.2, -0.15) is 0 Å². The van der Waals surface area contributed by atoms with Gasteiger partial charge in [0.15, 0.2) is 0 Å². The van der Waals surface area contributed by atoms with Gasteiger partial charge in [0, 0.05) is 5.69 Å². The number of hydrogen-bond donors (Lipinski definition) is 1. The number of nitrogens with one attached hydrogen (secondary N) is 1. The summed E-state index contributed by atoms with van der Waals surface area (Å²) >= 11 is 0. The standard InChI is InChI=1S/C16H13NO/c18-16-11-14-10-13(8-9-15(14)17-16)7-6-12-4-2-1-3-5-12/h1-10H,11H2,(H,17,18)/b7-6+. The second kappa shape index (κ2) is 4.49. The van der Waals surface area contributed by atoms with Crippen molar-refractivity contribution in [3.63, 3.8) is 0 Å². The Labute approximate surface area is 106 Å². The normalized spacial score (nSPS) is 13.7. The summed E-state index contributed by atoms with van der Waals surface area (Å²) in [6.07, 6.45) is 4.63. The first-order valence-corrected chi connectivity index (χ1v) is 5.97. The fourth-order valence-electron chi connectivity index (χ4n) is 2.11. The van der Waals surface area contributed by atoms with Crippen molar-refractivity contribution >= 4 is 23.7 Å². The number of benzene rings is 2. The van der Waals surface area contributed by atoms with Gasteiger partial charge >= 0.3 is 0 Å². The van der Waals surface area contributed by atoms with Crippen LogP contribution in [0.4, 0.5) is 5.69 Å². The lowest BCUT2D eigenvalue weighted by molar-refractivity contribution is -0.115. The highest BCUT2D eigenvalue weighted by molar-refractivity contribution is 5.99. The number of carbonyl (C=O) groups is 1. The number of hydrogen-bond acceptors (Lipinski definition) is 1. The van der Waals surface area contributed by atoms with Crippen molar-refractivity contribution in [1.82, 2.24) is 0 Å². The second-order valence-electron chi connectivity index (χ2n) is 4.39. The largest absolute Gasteiger partial charge is 0.326 e. The smallest absolute Gasteiger partial charge is 0.228 e. The Morgan fingerprint density at radius 2 is 1.72 bits per heavy atom. The predicted octanol–water partition coefficient (Wildman–Crippen LogP) is 3.35. The molecular formula is C16H13NO. The summed E-state index contributed by atoms with van der Waals surface area (Å²) < 4.78 is 0. The molecule has 2 aromatic carbocycles. The molecule has 1 aliphatic heterocycles. The van der Waals surface area contributed by atoms with E-state index in [2.05, 4.69) is 35.7 Å². The van der Waals surface area contributed by atoms with Crippen molar-refractivity contribution in [2.45, 2.75) is 6.42 Å². The minimum Gasteiger partial charge on any atom is -0.326 e. The highest BCUT2D eigenvalue weighted by Crippen LogP contribution is 2.24. The highest BCUT2D eigenvalue weighted by Gasteiger charge is 2.16. The monoisotopic (exact) mass is 235 g/mol. The zero-order valence-electron chi connectivity index (χ0n) is 9.89. The van der Waals surface area contributed by atoms with Gasteiger partial charge in [0.05, 0.1) is 6.42 Å². The molecule has 0 aliphatic carbocycles. The van der Waals surface area contributed by atoms with Crippen molar-refractivity contribution in [3.05, 3.63) is 65.2 Å². The third-order valence-corrected chi connectivity index (χ3v) is 3.02. The molecule has 2 aromatic rings. The van der Waals surface area contributed by atoms with E-state index in [0.717, 1.165) is 16.8 Å². The summed E-state index contributed by atoms with van der Waals surface area (Å²) in [5.41, 5.74) is 4.31. The van der Waals surface area contributed by atoms with Crippen LogP contribution in [0.25, 0.3) is 12.2 Å². The van der Waals surface area contributed by atoms with Crippen LogP contribution in [0.15, 0.2) is 48.5 Å². The molecule has 1 aliphatic rings. The second-order valence-corrected chi connectivity index (χ2v) is 4.39. The van der Waals surface area contributed by atoms with Crippen LogP contribution in [0.2, 0.25) is 0 Å². The maximum atomic E-state index is 11.3. The van der Waals surface area contributed by atoms with Gasteiger partial charge in [-0.25, -0.2) is 0 Å². The van der Waals surface area contributed by atoms with Crippen LogP contribution in [-0.4, -0.2) is 5.91 Å². The van der Waals surface area contributed by atoms with Crippen LogP contribution in [0, 0.1) is 0 Å². The first-order chi connectivity index (χ1) is 8.81. The van der Waals surface area contributed by atoms with Crippen LogP contribution >= 0.6 is 0 Å². The van der Waals surface area contributed by atoms with Crippen LogP contribution in [0.1, 0.15) is 16.7 Å². The number of carbonyl (C=O) groups excluding carboxylic acids is 1. The highest BCUT2D eigenvalue weighted by atomic mass is 16.1. The number of rotatable bonds is 2. The van der Waals surface area contributed by atoms with Gasteiger partial charge in [-0.05, 0) is 28.8 Å². The molecule has 3 rings (SSSR count). The Morgan fingerprint density at radius 3 is 2.56 bits per heavy atom. The van der Waals surface area contributed by atoms with Gasteiger partial charge in [0.1, 0.15) is 0 Å². The number of fused-ring (bicyclic) bond motifs is 1. The van der Waals surface area contributed by atoms with Crippen LogP contribution in [0.3, 0.4) is 0 Å². The molecule has 0 bridgehead atoms. The molecule has 0 fully saturated rings. The Morgan fingerprint density at radius 1 is 0.944 bits per heavy atom. The molecule has 2 heteroatoms. The molecular weight excluding hydrogens is 222 g/mol. The molecule has 1 amide bonds. The summed E-state index contributed by atoms with van der Waals surface area (Å²) in [5, 5.41) is 2.84. The van der Waals surface area contributed by atoms with Gasteiger partial charge in [0.2, 0.25) is 5.91 Å². The lowest BCUT2D eigenvalue weighted by Gasteiger charge is -1.99. The minimum absolute atomic E-state index is 0.0780. The van der Waals surface area contributed by atoms with Crippen molar-refractivity contribution in [3.8, 4) is 0 Å². The molecule has 0 spiro atoms. The van der Waals surface area contributed by atoms with Crippen molar-refractivity contribution in [2.24, 2.45) is 0 Å². The lowest BCUT2D eigenvalue weighted by Crippen LogP contribution is -2.03. The first-order valence-electron chi connectivity index (χ1n) is 5.97. The molecule has 1 heterocycles. The van der Waals surface area contributed by atoms with E-state index in [0.29, 0.717) is 6.42 Å². The van der Waals surface area contributed by atoms with Crippen molar-refractivity contribution in [1.29, 1.82) is 0 Å². The van der Waals surface area contributed by atoms with Gasteiger partial charge in [-0.1, -0.05) is 48.6 Å². The van der Waals surface area contributed by atoms with Crippen LogP contribution in [0.5, 0.6) is 0 Å². The van der Waals surface area contributed by atoms with Gasteiger partial charge in [0.25, 0.3) is 0 Å². The van der Waals surface area contributed by atoms with E-state index in [9.17, 15) is 4.79 Å². The summed E-state index contributed by atoms with van der Waals surface area (Å²) in [6, 6.07) is 16.2. The molecule has 0 atom stereocenters. The molecule has 18 heavy (non-hydrogen) atoms. The summed E-state index contributed by atoms with van der Waals surface area (Å²) in [7, 11) is 0. The Hall–Kier alpha value is -2.35. The molecule has 2 nitrogen and oxygen atoms in total. The van der Waals surface area contributed by atoms with E-state index in [4.69, 9.17) is 0 Å². The first kappa shape index (κ1) is 10.8. The fraction of sp³-hybridized carbons (Fsp3) is 0.0625. The van der Waals surface area contributed by atoms with Crippen molar-refractivity contribution < 1.29 is 4.79 Å². The molecule has 1 N–H and O–H groups in total. The van der Waals surface area contributed by atoms with E-state index < -0.39 is 0 Å². The van der Waals surface area contributed by atoms with E-state index >= 15 is 0 Å². The third kappa shape index (κ3) is 2.18. The Bertz CT molecular complexity index is 614. The van der Waals surface area contributed by atoms with E-state index in [-0.39, 0.29) is 5.91 Å². The van der Waals surface area contributed by atoms with Crippen LogP contribution in [-0.2, 0) is 11.2 Å². The average Bonchev–Trinajstić information content (AvgIpc) is 2.77. The molecule has 0 radical (unpaired) electrons. The summed E-state index contributed by atoms with van der Waals surface area (Å²) in [4.78, 5) is 11.3. The zero-order valence-corrected chi connectivity index (χ0v) is 9.89. The lowest BCUT2D eigenvalue weighted by atomic mass is 10.1. The van der Waals surface area contributed by atoms with Gasteiger partial charge in [-0.3, -0.25) is 4.79 Å². The quantitative estimate of drug-likeness (QED) is 0.794. The molecule has 0 saturated carbocycles. The van der Waals surface area contributed by atoms with E-state index in [1.807, 2.05) is 30.3 Å². The molecule has 0 unspecified atom stereocenters. The zero-order chi connectivity index (χ0) is 12.4. The van der Waals surface area contributed by atoms with Gasteiger partial charge in [-0.15, -0.1) is 0 Å². The number of amides is 1. The molecule has 0 aromatic heterocycles.